The van der Waals surface area contributed by atoms with Crippen LogP contribution in [-0.2, 0) is 6.18 Å². The van der Waals surface area contributed by atoms with Gasteiger partial charge in [-0.3, -0.25) is 0 Å². The van der Waals surface area contributed by atoms with Crippen molar-refractivity contribution in [2.45, 2.75) is 19.0 Å². The average molecular weight is 283 g/mol. The van der Waals surface area contributed by atoms with Crippen molar-refractivity contribution in [1.29, 1.82) is 0 Å². The predicted molar refractivity (Wildman–Crippen MR) is 66.2 cm³/mol. The molecule has 3 rings (SSSR count). The van der Waals surface area contributed by atoms with E-state index in [0.717, 1.165) is 38.1 Å². The minimum atomic E-state index is -4.34. The van der Waals surface area contributed by atoms with Gasteiger partial charge in [0, 0.05) is 18.7 Å². The highest BCUT2D eigenvalue weighted by Gasteiger charge is 2.30. The van der Waals surface area contributed by atoms with Crippen LogP contribution in [0.15, 0.2) is 28.8 Å². The van der Waals surface area contributed by atoms with Gasteiger partial charge in [0.15, 0.2) is 0 Å². The predicted octanol–water partition coefficient (Wildman–Crippen LogP) is 3.36. The third-order valence-corrected chi connectivity index (χ3v) is 3.26. The molecule has 106 valence electrons. The molecule has 1 aliphatic heterocycles. The first kappa shape index (κ1) is 13.0. The van der Waals surface area contributed by atoms with Crippen molar-refractivity contribution >= 4 is 5.95 Å². The Morgan fingerprint density at radius 1 is 1.05 bits per heavy atom. The molecular weight excluding hydrogens is 271 g/mol. The summed E-state index contributed by atoms with van der Waals surface area (Å²) in [4.78, 5) is 6.22. The van der Waals surface area contributed by atoms with Gasteiger partial charge in [-0.2, -0.15) is 18.2 Å². The molecule has 0 saturated carbocycles. The zero-order valence-corrected chi connectivity index (χ0v) is 10.5. The minimum Gasteiger partial charge on any atom is -0.338 e. The average Bonchev–Trinajstić information content (AvgIpc) is 3.09. The van der Waals surface area contributed by atoms with Crippen molar-refractivity contribution < 1.29 is 17.7 Å². The summed E-state index contributed by atoms with van der Waals surface area (Å²) in [5.41, 5.74) is -0.212. The molecule has 20 heavy (non-hydrogen) atoms. The zero-order chi connectivity index (χ0) is 14.2. The number of halogens is 3. The topological polar surface area (TPSA) is 42.2 Å². The molecule has 0 radical (unpaired) electrons. The van der Waals surface area contributed by atoms with Crippen molar-refractivity contribution in [3.05, 3.63) is 29.8 Å². The summed E-state index contributed by atoms with van der Waals surface area (Å²) in [7, 11) is 0. The van der Waals surface area contributed by atoms with Gasteiger partial charge in [0.1, 0.15) is 0 Å². The van der Waals surface area contributed by atoms with Crippen molar-refractivity contribution in [2.75, 3.05) is 18.0 Å². The lowest BCUT2D eigenvalue weighted by atomic mass is 10.1. The largest absolute Gasteiger partial charge is 0.416 e. The smallest absolute Gasteiger partial charge is 0.338 e. The number of hydrogen-bond acceptors (Lipinski definition) is 4. The molecule has 1 aromatic carbocycles. The molecule has 4 nitrogen and oxygen atoms in total. The summed E-state index contributed by atoms with van der Waals surface area (Å²) in [6.07, 6.45) is -2.16. The molecule has 2 heterocycles. The second-order valence-electron chi connectivity index (χ2n) is 4.67. The Morgan fingerprint density at radius 3 is 2.30 bits per heavy atom. The van der Waals surface area contributed by atoms with E-state index in [9.17, 15) is 13.2 Å². The van der Waals surface area contributed by atoms with Gasteiger partial charge < -0.3 is 9.42 Å². The van der Waals surface area contributed by atoms with Crippen LogP contribution in [0.2, 0.25) is 0 Å². The van der Waals surface area contributed by atoms with E-state index in [2.05, 4.69) is 10.1 Å². The third-order valence-electron chi connectivity index (χ3n) is 3.26. The second-order valence-corrected chi connectivity index (χ2v) is 4.67. The highest BCUT2D eigenvalue weighted by Crippen LogP contribution is 2.31. The fraction of sp³-hybridized carbons (Fsp3) is 0.385. The van der Waals surface area contributed by atoms with Crippen molar-refractivity contribution in [3.63, 3.8) is 0 Å². The summed E-state index contributed by atoms with van der Waals surface area (Å²) in [5.74, 6) is 0.734. The molecular formula is C13H12F3N3O. The molecule has 0 atom stereocenters. The van der Waals surface area contributed by atoms with Gasteiger partial charge in [-0.15, -0.1) is 0 Å². The van der Waals surface area contributed by atoms with Crippen LogP contribution in [0, 0.1) is 0 Å². The van der Waals surface area contributed by atoms with E-state index in [1.165, 1.54) is 12.1 Å². The van der Waals surface area contributed by atoms with Crippen LogP contribution in [0.1, 0.15) is 18.4 Å². The number of anilines is 1. The summed E-state index contributed by atoms with van der Waals surface area (Å²) < 4.78 is 42.5. The van der Waals surface area contributed by atoms with E-state index in [4.69, 9.17) is 4.52 Å². The first-order valence-electron chi connectivity index (χ1n) is 6.30. The quantitative estimate of drug-likeness (QED) is 0.847. The Bertz CT molecular complexity index is 586. The molecule has 0 N–H and O–H groups in total. The van der Waals surface area contributed by atoms with E-state index in [0.29, 0.717) is 11.5 Å². The SMILES string of the molecule is FC(F)(F)c1ccc(-c2nc(N3CCCC3)no2)cc1. The molecule has 0 amide bonds. The number of aromatic nitrogens is 2. The number of rotatable bonds is 2. The van der Waals surface area contributed by atoms with Crippen LogP contribution in [0.5, 0.6) is 0 Å². The molecule has 0 spiro atoms. The van der Waals surface area contributed by atoms with Crippen LogP contribution < -0.4 is 4.90 Å². The molecule has 0 unspecified atom stereocenters. The molecule has 0 bridgehead atoms. The maximum absolute atomic E-state index is 12.5. The molecule has 1 aromatic heterocycles. The Morgan fingerprint density at radius 2 is 1.70 bits per heavy atom. The normalized spacial score (nSPS) is 15.8. The maximum Gasteiger partial charge on any atom is 0.416 e. The molecule has 1 aliphatic rings. The monoisotopic (exact) mass is 283 g/mol. The Balaban J connectivity index is 1.82. The van der Waals surface area contributed by atoms with Crippen molar-refractivity contribution in [2.24, 2.45) is 0 Å². The summed E-state index contributed by atoms with van der Waals surface area (Å²) >= 11 is 0. The Hall–Kier alpha value is -2.05. The lowest BCUT2D eigenvalue weighted by molar-refractivity contribution is -0.137. The highest BCUT2D eigenvalue weighted by molar-refractivity contribution is 5.55. The standard InChI is InChI=1S/C13H12F3N3O/c14-13(15,16)10-5-3-9(4-6-10)11-17-12(18-20-11)19-7-1-2-8-19/h3-6H,1-2,7-8H2. The van der Waals surface area contributed by atoms with E-state index < -0.39 is 11.7 Å². The van der Waals surface area contributed by atoms with Crippen LogP contribution in [0.3, 0.4) is 0 Å². The van der Waals surface area contributed by atoms with Gasteiger partial charge in [0.2, 0.25) is 0 Å². The third kappa shape index (κ3) is 2.48. The summed E-state index contributed by atoms with van der Waals surface area (Å²) in [5, 5.41) is 3.86. The van der Waals surface area contributed by atoms with Gasteiger partial charge in [0.05, 0.1) is 5.56 Å². The van der Waals surface area contributed by atoms with Crippen molar-refractivity contribution in [1.82, 2.24) is 10.1 Å². The summed E-state index contributed by atoms with van der Waals surface area (Å²) in [6, 6.07) is 4.69. The number of alkyl halides is 3. The highest BCUT2D eigenvalue weighted by atomic mass is 19.4. The molecule has 7 heteroatoms. The van der Waals surface area contributed by atoms with Crippen molar-refractivity contribution in [3.8, 4) is 11.5 Å². The van der Waals surface area contributed by atoms with Gasteiger partial charge >= 0.3 is 6.18 Å². The zero-order valence-electron chi connectivity index (χ0n) is 10.5. The number of nitrogens with zero attached hydrogens (tertiary/aromatic N) is 3. The fourth-order valence-corrected chi connectivity index (χ4v) is 2.18. The first-order chi connectivity index (χ1) is 9.54. The van der Waals surface area contributed by atoms with Gasteiger partial charge in [-0.1, -0.05) is 0 Å². The van der Waals surface area contributed by atoms with E-state index in [1.54, 1.807) is 0 Å². The first-order valence-corrected chi connectivity index (χ1v) is 6.30. The molecule has 0 aliphatic carbocycles. The van der Waals surface area contributed by atoms with Crippen LogP contribution in [0.4, 0.5) is 19.1 Å². The molecule has 1 saturated heterocycles. The number of hydrogen-bond donors (Lipinski definition) is 0. The van der Waals surface area contributed by atoms with Crippen LogP contribution >= 0.6 is 0 Å². The van der Waals surface area contributed by atoms with Gasteiger partial charge in [0.25, 0.3) is 11.8 Å². The minimum absolute atomic E-state index is 0.237. The van der Waals surface area contributed by atoms with Crippen LogP contribution in [0.25, 0.3) is 11.5 Å². The second kappa shape index (κ2) is 4.81. The lowest BCUT2D eigenvalue weighted by Crippen LogP contribution is -2.18. The number of benzene rings is 1. The maximum atomic E-state index is 12.5. The Kier molecular flexibility index (Phi) is 3.11. The summed E-state index contributed by atoms with van der Waals surface area (Å²) in [6.45, 7) is 1.76. The van der Waals surface area contributed by atoms with E-state index >= 15 is 0 Å². The van der Waals surface area contributed by atoms with Gasteiger partial charge in [-0.05, 0) is 42.3 Å². The van der Waals surface area contributed by atoms with E-state index in [1.807, 2.05) is 4.90 Å². The van der Waals surface area contributed by atoms with Gasteiger partial charge in [-0.25, -0.2) is 0 Å². The van der Waals surface area contributed by atoms with Crippen LogP contribution in [-0.4, -0.2) is 23.2 Å². The molecule has 2 aromatic rings. The van der Waals surface area contributed by atoms with E-state index in [-0.39, 0.29) is 5.89 Å². The Labute approximate surface area is 113 Å². The fourth-order valence-electron chi connectivity index (χ4n) is 2.18. The molecule has 1 fully saturated rings. The lowest BCUT2D eigenvalue weighted by Gasteiger charge is -2.09.